The molecule has 0 amide bonds. The van der Waals surface area contributed by atoms with Crippen molar-refractivity contribution in [3.63, 3.8) is 0 Å². The lowest BCUT2D eigenvalue weighted by Crippen LogP contribution is -2.23. The van der Waals surface area contributed by atoms with Crippen LogP contribution in [0.25, 0.3) is 0 Å². The van der Waals surface area contributed by atoms with Gasteiger partial charge in [0.05, 0.1) is 24.9 Å². The maximum atomic E-state index is 12.6. The fourth-order valence-corrected chi connectivity index (χ4v) is 4.32. The van der Waals surface area contributed by atoms with E-state index in [0.717, 1.165) is 11.6 Å². The van der Waals surface area contributed by atoms with E-state index in [2.05, 4.69) is 9.71 Å². The zero-order valence-electron chi connectivity index (χ0n) is 14.9. The summed E-state index contributed by atoms with van der Waals surface area (Å²) in [6.07, 6.45) is 3.10. The van der Waals surface area contributed by atoms with Crippen molar-refractivity contribution in [1.82, 2.24) is 9.71 Å². The molecule has 0 fully saturated rings. The van der Waals surface area contributed by atoms with Crippen molar-refractivity contribution in [2.75, 3.05) is 0 Å². The second kappa shape index (κ2) is 9.15. The molecule has 1 N–H and O–H groups in total. The van der Waals surface area contributed by atoms with Gasteiger partial charge >= 0.3 is 0 Å². The van der Waals surface area contributed by atoms with Crippen LogP contribution in [0.3, 0.4) is 0 Å². The van der Waals surface area contributed by atoms with Gasteiger partial charge in [-0.15, -0.1) is 0 Å². The first-order valence-corrected chi connectivity index (χ1v) is 10.8. The Morgan fingerprint density at radius 3 is 2.20 bits per heavy atom. The summed E-state index contributed by atoms with van der Waals surface area (Å²) in [5, 5.41) is 10.6. The number of hydrogen-bond acceptors (Lipinski definition) is 6. The van der Waals surface area contributed by atoms with Crippen LogP contribution in [0.15, 0.2) is 59.8 Å². The second-order valence-electron chi connectivity index (χ2n) is 5.87. The molecular weight excluding hydrogens is 477 g/mol. The lowest BCUT2D eigenvalue weighted by atomic mass is 10.3. The molecule has 8 nitrogen and oxygen atoms in total. The highest BCUT2D eigenvalue weighted by atomic mass is 35.5. The number of ether oxygens (including phenoxy) is 1. The molecule has 0 spiro atoms. The Labute approximate surface area is 186 Å². The van der Waals surface area contributed by atoms with Crippen molar-refractivity contribution < 1.29 is 18.1 Å². The van der Waals surface area contributed by atoms with Crippen LogP contribution < -0.4 is 9.46 Å². The van der Waals surface area contributed by atoms with E-state index in [1.165, 1.54) is 24.3 Å². The van der Waals surface area contributed by atoms with E-state index in [-0.39, 0.29) is 43.7 Å². The van der Waals surface area contributed by atoms with E-state index < -0.39 is 14.9 Å². The largest absolute Gasteiger partial charge is 0.453 e. The molecule has 12 heteroatoms. The lowest BCUT2D eigenvalue weighted by Gasteiger charge is -2.13. The number of sulfonamides is 1. The molecule has 3 aromatic rings. The van der Waals surface area contributed by atoms with Gasteiger partial charge in [0.15, 0.2) is 5.75 Å². The zero-order chi connectivity index (χ0) is 21.9. The van der Waals surface area contributed by atoms with Crippen LogP contribution in [0.2, 0.25) is 15.1 Å². The fraction of sp³-hybridized carbons (Fsp3) is 0.0556. The van der Waals surface area contributed by atoms with Gasteiger partial charge in [0, 0.05) is 31.1 Å². The number of nitro groups is 1. The van der Waals surface area contributed by atoms with Crippen molar-refractivity contribution in [3.05, 3.63) is 85.6 Å². The Hall–Kier alpha value is -2.43. The van der Waals surface area contributed by atoms with Crippen LogP contribution in [0.4, 0.5) is 5.69 Å². The number of hydrogen-bond donors (Lipinski definition) is 1. The normalized spacial score (nSPS) is 11.3. The van der Waals surface area contributed by atoms with E-state index in [0.29, 0.717) is 0 Å². The van der Waals surface area contributed by atoms with Gasteiger partial charge in [0.2, 0.25) is 10.0 Å². The van der Waals surface area contributed by atoms with Crippen LogP contribution in [-0.2, 0) is 16.6 Å². The highest BCUT2D eigenvalue weighted by molar-refractivity contribution is 7.89. The number of benzene rings is 2. The summed E-state index contributed by atoms with van der Waals surface area (Å²) in [7, 11) is -3.91. The van der Waals surface area contributed by atoms with Gasteiger partial charge < -0.3 is 4.74 Å². The molecule has 3 rings (SSSR count). The van der Waals surface area contributed by atoms with E-state index in [4.69, 9.17) is 39.5 Å². The molecule has 0 atom stereocenters. The minimum absolute atomic E-state index is 0.0351. The average molecular weight is 489 g/mol. The summed E-state index contributed by atoms with van der Waals surface area (Å²) in [6, 6.07) is 9.30. The standard InChI is InChI=1S/C18H12Cl3N3O5S/c19-14-7-12(24(25)26)1-2-17(14)29-18-15(20)8-13(9-16(18)21)30(27,28)23-10-11-3-5-22-6-4-11/h1-9,23H,10H2. The van der Waals surface area contributed by atoms with E-state index in [1.54, 1.807) is 24.5 Å². The smallest absolute Gasteiger partial charge is 0.271 e. The van der Waals surface area contributed by atoms with Crippen molar-refractivity contribution in [2.45, 2.75) is 11.4 Å². The first kappa shape index (κ1) is 22.3. The molecule has 30 heavy (non-hydrogen) atoms. The molecule has 2 aromatic carbocycles. The van der Waals surface area contributed by atoms with Gasteiger partial charge in [-0.3, -0.25) is 15.1 Å². The van der Waals surface area contributed by atoms with Gasteiger partial charge in [-0.05, 0) is 35.9 Å². The number of halogens is 3. The first-order chi connectivity index (χ1) is 14.2. The molecule has 156 valence electrons. The highest BCUT2D eigenvalue weighted by Gasteiger charge is 2.20. The van der Waals surface area contributed by atoms with Crippen LogP contribution in [0, 0.1) is 10.1 Å². The molecule has 1 heterocycles. The molecule has 0 saturated carbocycles. The van der Waals surface area contributed by atoms with E-state index >= 15 is 0 Å². The van der Waals surface area contributed by atoms with Gasteiger partial charge in [0.25, 0.3) is 5.69 Å². The van der Waals surface area contributed by atoms with Crippen molar-refractivity contribution in [2.24, 2.45) is 0 Å². The van der Waals surface area contributed by atoms with Crippen LogP contribution in [0.1, 0.15) is 5.56 Å². The van der Waals surface area contributed by atoms with E-state index in [1.807, 2.05) is 0 Å². The van der Waals surface area contributed by atoms with Gasteiger partial charge in [-0.2, -0.15) is 0 Å². The monoisotopic (exact) mass is 487 g/mol. The Morgan fingerprint density at radius 2 is 1.63 bits per heavy atom. The summed E-state index contributed by atoms with van der Waals surface area (Å²) >= 11 is 18.4. The zero-order valence-corrected chi connectivity index (χ0v) is 18.0. The Kier molecular flexibility index (Phi) is 6.79. The van der Waals surface area contributed by atoms with Crippen LogP contribution >= 0.6 is 34.8 Å². The molecule has 0 unspecified atom stereocenters. The maximum absolute atomic E-state index is 12.6. The van der Waals surface area contributed by atoms with Gasteiger partial charge in [0.1, 0.15) is 5.75 Å². The molecule has 0 aliphatic rings. The molecule has 0 saturated heterocycles. The maximum Gasteiger partial charge on any atom is 0.271 e. The molecule has 0 bridgehead atoms. The fourth-order valence-electron chi connectivity index (χ4n) is 2.35. The minimum atomic E-state index is -3.91. The highest BCUT2D eigenvalue weighted by Crippen LogP contribution is 2.41. The molecule has 0 aliphatic carbocycles. The van der Waals surface area contributed by atoms with Crippen LogP contribution in [-0.4, -0.2) is 18.3 Å². The van der Waals surface area contributed by atoms with Crippen molar-refractivity contribution in [3.8, 4) is 11.5 Å². The number of pyridine rings is 1. The number of nitrogens with one attached hydrogen (secondary N) is 1. The third-order valence-electron chi connectivity index (χ3n) is 3.84. The third kappa shape index (κ3) is 5.18. The molecule has 0 radical (unpaired) electrons. The predicted molar refractivity (Wildman–Crippen MR) is 113 cm³/mol. The number of nitrogens with zero attached hydrogens (tertiary/aromatic N) is 2. The number of non-ortho nitro benzene ring substituents is 1. The summed E-state index contributed by atoms with van der Waals surface area (Å²) in [5.74, 6) is 0.0275. The average Bonchev–Trinajstić information content (AvgIpc) is 2.70. The Morgan fingerprint density at radius 1 is 1.00 bits per heavy atom. The summed E-state index contributed by atoms with van der Waals surface area (Å²) in [4.78, 5) is 13.9. The second-order valence-corrected chi connectivity index (χ2v) is 8.86. The van der Waals surface area contributed by atoms with Gasteiger partial charge in [-0.1, -0.05) is 34.8 Å². The van der Waals surface area contributed by atoms with Crippen molar-refractivity contribution in [1.29, 1.82) is 0 Å². The Bertz CT molecular complexity index is 1180. The number of aromatic nitrogens is 1. The molecule has 0 aliphatic heterocycles. The first-order valence-electron chi connectivity index (χ1n) is 8.17. The van der Waals surface area contributed by atoms with E-state index in [9.17, 15) is 18.5 Å². The summed E-state index contributed by atoms with van der Waals surface area (Å²) in [5.41, 5.74) is 0.504. The SMILES string of the molecule is O=[N+]([O-])c1ccc(Oc2c(Cl)cc(S(=O)(=O)NCc3ccncc3)cc2Cl)c(Cl)c1. The molecule has 1 aromatic heterocycles. The quantitative estimate of drug-likeness (QED) is 0.360. The topological polar surface area (TPSA) is 111 Å². The summed E-state index contributed by atoms with van der Waals surface area (Å²) in [6.45, 7) is 0.0523. The minimum Gasteiger partial charge on any atom is -0.453 e. The van der Waals surface area contributed by atoms with Gasteiger partial charge in [-0.25, -0.2) is 13.1 Å². The predicted octanol–water partition coefficient (Wildman–Crippen LogP) is 5.22. The van der Waals surface area contributed by atoms with Crippen LogP contribution in [0.5, 0.6) is 11.5 Å². The van der Waals surface area contributed by atoms with Crippen molar-refractivity contribution >= 4 is 50.5 Å². The third-order valence-corrected chi connectivity index (χ3v) is 6.07. The molecular formula is C18H12Cl3N3O5S. The number of rotatable bonds is 7. The lowest BCUT2D eigenvalue weighted by molar-refractivity contribution is -0.384. The Balaban J connectivity index is 1.84. The number of nitro benzene ring substituents is 1. The summed E-state index contributed by atoms with van der Waals surface area (Å²) < 4.78 is 33.1.